The van der Waals surface area contributed by atoms with Crippen LogP contribution in [0.2, 0.25) is 0 Å². The lowest BCUT2D eigenvalue weighted by Gasteiger charge is -2.22. The normalized spacial score (nSPS) is 15.9. The van der Waals surface area contributed by atoms with Crippen LogP contribution in [-0.2, 0) is 15.8 Å². The van der Waals surface area contributed by atoms with Gasteiger partial charge in [0.25, 0.3) is 0 Å². The fourth-order valence-corrected chi connectivity index (χ4v) is 4.95. The monoisotopic (exact) mass is 486 g/mol. The van der Waals surface area contributed by atoms with Gasteiger partial charge in [-0.25, -0.2) is 0 Å². The summed E-state index contributed by atoms with van der Waals surface area (Å²) >= 11 is 1.53. The van der Waals surface area contributed by atoms with Crippen LogP contribution in [-0.4, -0.2) is 25.5 Å². The molecule has 34 heavy (non-hydrogen) atoms. The standard InChI is InChI=1S/C25H21F3N2O3S/c1-33-19-11-9-16(10-12-19)22-14-24(32)30(20-7-2-3-8-21(20)34-22)15-23(31)29-18-6-4-5-17(13-18)25(26,27)28/h2-13,22H,14-15H2,1H3,(H,29,31). The van der Waals surface area contributed by atoms with Gasteiger partial charge >= 0.3 is 6.18 Å². The Kier molecular flexibility index (Phi) is 6.83. The smallest absolute Gasteiger partial charge is 0.416 e. The summed E-state index contributed by atoms with van der Waals surface area (Å²) in [5.74, 6) is -0.130. The van der Waals surface area contributed by atoms with Crippen molar-refractivity contribution in [2.24, 2.45) is 0 Å². The van der Waals surface area contributed by atoms with Crippen molar-refractivity contribution in [3.63, 3.8) is 0 Å². The summed E-state index contributed by atoms with van der Waals surface area (Å²) in [5.41, 5.74) is 0.693. The molecule has 4 rings (SSSR count). The Morgan fingerprint density at radius 2 is 1.82 bits per heavy atom. The summed E-state index contributed by atoms with van der Waals surface area (Å²) < 4.78 is 44.2. The summed E-state index contributed by atoms with van der Waals surface area (Å²) in [5, 5.41) is 2.31. The van der Waals surface area contributed by atoms with Crippen molar-refractivity contribution in [2.45, 2.75) is 22.7 Å². The Morgan fingerprint density at radius 3 is 2.53 bits per heavy atom. The van der Waals surface area contributed by atoms with Gasteiger partial charge in [0, 0.05) is 22.3 Å². The Morgan fingerprint density at radius 1 is 1.09 bits per heavy atom. The molecule has 0 radical (unpaired) electrons. The van der Waals surface area contributed by atoms with E-state index in [4.69, 9.17) is 4.74 Å². The molecule has 1 unspecified atom stereocenters. The second kappa shape index (κ2) is 9.80. The van der Waals surface area contributed by atoms with Gasteiger partial charge in [0.05, 0.1) is 18.4 Å². The highest BCUT2D eigenvalue weighted by molar-refractivity contribution is 7.99. The van der Waals surface area contributed by atoms with E-state index in [9.17, 15) is 22.8 Å². The number of para-hydroxylation sites is 1. The van der Waals surface area contributed by atoms with E-state index < -0.39 is 17.6 Å². The van der Waals surface area contributed by atoms with Crippen molar-refractivity contribution in [1.82, 2.24) is 0 Å². The fourth-order valence-electron chi connectivity index (χ4n) is 3.67. The molecule has 3 aromatic carbocycles. The van der Waals surface area contributed by atoms with Gasteiger partial charge in [0.2, 0.25) is 11.8 Å². The number of hydrogen-bond donors (Lipinski definition) is 1. The number of anilines is 2. The van der Waals surface area contributed by atoms with E-state index in [2.05, 4.69) is 5.32 Å². The van der Waals surface area contributed by atoms with Crippen molar-refractivity contribution in [3.8, 4) is 5.75 Å². The topological polar surface area (TPSA) is 58.6 Å². The highest BCUT2D eigenvalue weighted by Crippen LogP contribution is 2.45. The number of thioether (sulfide) groups is 1. The highest BCUT2D eigenvalue weighted by Gasteiger charge is 2.32. The first-order valence-corrected chi connectivity index (χ1v) is 11.3. The molecule has 176 valence electrons. The van der Waals surface area contributed by atoms with E-state index in [-0.39, 0.29) is 29.8 Å². The third-order valence-electron chi connectivity index (χ3n) is 5.35. The molecule has 9 heteroatoms. The van der Waals surface area contributed by atoms with Crippen LogP contribution in [0.5, 0.6) is 5.75 Å². The molecule has 5 nitrogen and oxygen atoms in total. The van der Waals surface area contributed by atoms with Crippen molar-refractivity contribution in [2.75, 3.05) is 23.9 Å². The van der Waals surface area contributed by atoms with Gasteiger partial charge < -0.3 is 15.0 Å². The van der Waals surface area contributed by atoms with Crippen LogP contribution in [0.4, 0.5) is 24.5 Å². The zero-order valence-electron chi connectivity index (χ0n) is 18.1. The number of halogens is 3. The number of methoxy groups -OCH3 is 1. The van der Waals surface area contributed by atoms with Gasteiger partial charge in [0.1, 0.15) is 12.3 Å². The number of nitrogens with one attached hydrogen (secondary N) is 1. The van der Waals surface area contributed by atoms with Gasteiger partial charge in [0.15, 0.2) is 0 Å². The molecule has 1 atom stereocenters. The average molecular weight is 487 g/mol. The number of hydrogen-bond acceptors (Lipinski definition) is 4. The molecule has 1 aliphatic rings. The minimum Gasteiger partial charge on any atom is -0.497 e. The Bertz CT molecular complexity index is 1200. The number of fused-ring (bicyclic) bond motifs is 1. The summed E-state index contributed by atoms with van der Waals surface area (Å²) in [6, 6.07) is 19.1. The number of benzene rings is 3. The van der Waals surface area contributed by atoms with Crippen LogP contribution in [0.25, 0.3) is 0 Å². The summed E-state index contributed by atoms with van der Waals surface area (Å²) in [6.45, 7) is -0.317. The fraction of sp³-hybridized carbons (Fsp3) is 0.200. The first-order chi connectivity index (χ1) is 16.2. The summed E-state index contributed by atoms with van der Waals surface area (Å²) in [7, 11) is 1.58. The number of ether oxygens (including phenoxy) is 1. The van der Waals surface area contributed by atoms with E-state index in [1.165, 1.54) is 28.8 Å². The van der Waals surface area contributed by atoms with Crippen LogP contribution in [0, 0.1) is 0 Å². The number of amides is 2. The lowest BCUT2D eigenvalue weighted by molar-refractivity contribution is -0.137. The minimum atomic E-state index is -4.52. The van der Waals surface area contributed by atoms with Crippen LogP contribution >= 0.6 is 11.8 Å². The van der Waals surface area contributed by atoms with E-state index in [1.54, 1.807) is 19.2 Å². The Labute approximate surface area is 198 Å². The molecule has 0 spiro atoms. The van der Waals surface area contributed by atoms with Crippen LogP contribution < -0.4 is 15.0 Å². The van der Waals surface area contributed by atoms with Gasteiger partial charge in [-0.3, -0.25) is 9.59 Å². The molecular formula is C25H21F3N2O3S. The maximum atomic E-state index is 13.2. The second-order valence-electron chi connectivity index (χ2n) is 7.66. The first-order valence-electron chi connectivity index (χ1n) is 10.4. The van der Waals surface area contributed by atoms with E-state index >= 15 is 0 Å². The van der Waals surface area contributed by atoms with E-state index in [0.717, 1.165) is 22.6 Å². The minimum absolute atomic E-state index is 0.0147. The first kappa shape index (κ1) is 23.7. The van der Waals surface area contributed by atoms with Crippen LogP contribution in [0.3, 0.4) is 0 Å². The third kappa shape index (κ3) is 5.36. The second-order valence-corrected chi connectivity index (χ2v) is 8.90. The van der Waals surface area contributed by atoms with Gasteiger partial charge in [-0.2, -0.15) is 13.2 Å². The maximum Gasteiger partial charge on any atom is 0.416 e. The van der Waals surface area contributed by atoms with Crippen molar-refractivity contribution in [3.05, 3.63) is 83.9 Å². The predicted octanol–water partition coefficient (Wildman–Crippen LogP) is 5.92. The average Bonchev–Trinajstić information content (AvgIpc) is 2.95. The molecule has 0 aromatic heterocycles. The lowest BCUT2D eigenvalue weighted by atomic mass is 10.1. The predicted molar refractivity (Wildman–Crippen MR) is 125 cm³/mol. The molecule has 0 saturated carbocycles. The quantitative estimate of drug-likeness (QED) is 0.486. The summed E-state index contributed by atoms with van der Waals surface area (Å²) in [6.07, 6.45) is -4.36. The van der Waals surface area contributed by atoms with E-state index in [0.29, 0.717) is 11.4 Å². The van der Waals surface area contributed by atoms with Gasteiger partial charge in [-0.05, 0) is 48.0 Å². The van der Waals surface area contributed by atoms with Crippen LogP contribution in [0.15, 0.2) is 77.7 Å². The number of alkyl halides is 3. The largest absolute Gasteiger partial charge is 0.497 e. The number of carbonyl (C=O) groups excluding carboxylic acids is 2. The Hall–Kier alpha value is -3.46. The van der Waals surface area contributed by atoms with Gasteiger partial charge in [-0.15, -0.1) is 11.8 Å². The molecule has 1 heterocycles. The molecular weight excluding hydrogens is 465 g/mol. The zero-order valence-corrected chi connectivity index (χ0v) is 19.0. The highest BCUT2D eigenvalue weighted by atomic mass is 32.2. The maximum absolute atomic E-state index is 13.2. The molecule has 1 N–H and O–H groups in total. The molecule has 3 aromatic rings. The molecule has 0 bridgehead atoms. The lowest BCUT2D eigenvalue weighted by Crippen LogP contribution is -2.38. The van der Waals surface area contributed by atoms with Crippen molar-refractivity contribution >= 4 is 35.0 Å². The molecule has 1 aliphatic heterocycles. The molecule has 0 fully saturated rings. The summed E-state index contributed by atoms with van der Waals surface area (Å²) in [4.78, 5) is 28.2. The molecule has 0 saturated heterocycles. The molecule has 2 amide bonds. The van der Waals surface area contributed by atoms with E-state index in [1.807, 2.05) is 36.4 Å². The van der Waals surface area contributed by atoms with Crippen LogP contribution in [0.1, 0.15) is 22.8 Å². The van der Waals surface area contributed by atoms with Gasteiger partial charge in [-0.1, -0.05) is 30.3 Å². The molecule has 0 aliphatic carbocycles. The Balaban J connectivity index is 1.55. The van der Waals surface area contributed by atoms with Crippen molar-refractivity contribution < 1.29 is 27.5 Å². The number of rotatable bonds is 5. The third-order valence-corrected chi connectivity index (χ3v) is 6.67. The zero-order chi connectivity index (χ0) is 24.3. The number of nitrogens with zero attached hydrogens (tertiary/aromatic N) is 1. The van der Waals surface area contributed by atoms with Crippen molar-refractivity contribution in [1.29, 1.82) is 0 Å². The SMILES string of the molecule is COc1ccc(C2CC(=O)N(CC(=O)Nc3cccc(C(F)(F)F)c3)c3ccccc3S2)cc1. The number of carbonyl (C=O) groups is 2.